The van der Waals surface area contributed by atoms with Crippen molar-refractivity contribution < 1.29 is 4.74 Å². The highest BCUT2D eigenvalue weighted by Gasteiger charge is 2.43. The maximum atomic E-state index is 6.18. The van der Waals surface area contributed by atoms with Crippen molar-refractivity contribution in [3.05, 3.63) is 35.9 Å². The van der Waals surface area contributed by atoms with Crippen molar-refractivity contribution in [3.63, 3.8) is 0 Å². The van der Waals surface area contributed by atoms with E-state index in [1.54, 1.807) is 11.8 Å². The number of rotatable bonds is 5. The zero-order valence-corrected chi connectivity index (χ0v) is 13.2. The first-order chi connectivity index (χ1) is 10.4. The molecule has 4 rings (SSSR count). The molecule has 110 valence electrons. The number of piperidine rings is 1. The molecule has 2 aromatic rings. The molecule has 4 nitrogen and oxygen atoms in total. The monoisotopic (exact) mass is 319 g/mol. The van der Waals surface area contributed by atoms with Crippen LogP contribution >= 0.6 is 23.5 Å². The van der Waals surface area contributed by atoms with E-state index in [4.69, 9.17) is 4.74 Å². The molecule has 3 atom stereocenters. The van der Waals surface area contributed by atoms with Crippen molar-refractivity contribution in [1.82, 2.24) is 14.1 Å². The number of ether oxygens (including phenoxy) is 1. The summed E-state index contributed by atoms with van der Waals surface area (Å²) >= 11 is 2.95. The molecule has 0 amide bonds. The van der Waals surface area contributed by atoms with Gasteiger partial charge in [-0.3, -0.25) is 0 Å². The van der Waals surface area contributed by atoms with Crippen molar-refractivity contribution in [2.45, 2.75) is 35.8 Å². The summed E-state index contributed by atoms with van der Waals surface area (Å²) in [4.78, 5) is 0. The molecule has 3 unspecified atom stereocenters. The highest BCUT2D eigenvalue weighted by molar-refractivity contribution is 7.98. The molecule has 1 N–H and O–H groups in total. The van der Waals surface area contributed by atoms with E-state index >= 15 is 0 Å². The molecule has 21 heavy (non-hydrogen) atoms. The Labute approximate surface area is 132 Å². The lowest BCUT2D eigenvalue weighted by Crippen LogP contribution is -2.31. The van der Waals surface area contributed by atoms with Gasteiger partial charge in [-0.1, -0.05) is 42.1 Å². The lowest BCUT2D eigenvalue weighted by atomic mass is 10.1. The predicted octanol–water partition coefficient (Wildman–Crippen LogP) is 2.96. The highest BCUT2D eigenvalue weighted by Crippen LogP contribution is 2.37. The molecule has 2 fully saturated rings. The number of nitrogens with zero attached hydrogens (tertiary/aromatic N) is 2. The number of thioether (sulfide) groups is 1. The van der Waals surface area contributed by atoms with Crippen LogP contribution in [0.15, 0.2) is 35.4 Å². The average molecular weight is 319 g/mol. The van der Waals surface area contributed by atoms with Crippen molar-refractivity contribution in [1.29, 1.82) is 0 Å². The molecule has 0 spiro atoms. The summed E-state index contributed by atoms with van der Waals surface area (Å²) in [6.07, 6.45) is 2.77. The second-order valence-electron chi connectivity index (χ2n) is 5.58. The first-order valence-corrected chi connectivity index (χ1v) is 9.01. The Morgan fingerprint density at radius 2 is 2.14 bits per heavy atom. The second-order valence-corrected chi connectivity index (χ2v) is 7.08. The van der Waals surface area contributed by atoms with Crippen molar-refractivity contribution >= 4 is 23.5 Å². The fourth-order valence-corrected chi connectivity index (χ4v) is 4.63. The zero-order chi connectivity index (χ0) is 14.1. The number of hydrogen-bond donors (Lipinski definition) is 1. The summed E-state index contributed by atoms with van der Waals surface area (Å²) in [6.45, 7) is 1.08. The van der Waals surface area contributed by atoms with E-state index in [-0.39, 0.29) is 6.10 Å². The predicted molar refractivity (Wildman–Crippen MR) is 84.8 cm³/mol. The Balaban J connectivity index is 1.42. The minimum atomic E-state index is 0.282. The van der Waals surface area contributed by atoms with Crippen LogP contribution in [0.5, 0.6) is 5.88 Å². The fraction of sp³-hybridized carbons (Fsp3) is 0.467. The number of aromatic nitrogens is 2. The van der Waals surface area contributed by atoms with E-state index in [9.17, 15) is 0 Å². The second kappa shape index (κ2) is 5.94. The molecule has 6 heteroatoms. The van der Waals surface area contributed by atoms with E-state index in [1.165, 1.54) is 30.1 Å². The maximum absolute atomic E-state index is 6.18. The van der Waals surface area contributed by atoms with Crippen LogP contribution in [-0.4, -0.2) is 27.4 Å². The number of benzene rings is 1. The zero-order valence-electron chi connectivity index (χ0n) is 11.6. The van der Waals surface area contributed by atoms with Crippen LogP contribution in [-0.2, 0) is 5.75 Å². The number of hydrogen-bond acceptors (Lipinski definition) is 6. The molecule has 1 aromatic heterocycles. The van der Waals surface area contributed by atoms with E-state index in [0.29, 0.717) is 12.0 Å². The van der Waals surface area contributed by atoms with Crippen LogP contribution in [0.3, 0.4) is 0 Å². The van der Waals surface area contributed by atoms with Crippen LogP contribution in [0.1, 0.15) is 18.4 Å². The molecule has 2 bridgehead atoms. The first-order valence-electron chi connectivity index (χ1n) is 7.29. The van der Waals surface area contributed by atoms with E-state index in [1.807, 2.05) is 6.07 Å². The summed E-state index contributed by atoms with van der Waals surface area (Å²) in [7, 11) is 0. The summed E-state index contributed by atoms with van der Waals surface area (Å²) < 4.78 is 14.9. The lowest BCUT2D eigenvalue weighted by Gasteiger charge is -2.15. The smallest absolute Gasteiger partial charge is 0.260 e. The van der Waals surface area contributed by atoms with Gasteiger partial charge in [-0.05, 0) is 18.4 Å². The topological polar surface area (TPSA) is 47.0 Å². The molecule has 0 radical (unpaired) electrons. The fourth-order valence-electron chi connectivity index (χ4n) is 3.16. The van der Waals surface area contributed by atoms with E-state index in [2.05, 4.69) is 38.3 Å². The molecule has 2 heterocycles. The number of fused-ring (bicyclic) bond motifs is 2. The first kappa shape index (κ1) is 13.5. The third-order valence-corrected chi connectivity index (χ3v) is 5.89. The van der Waals surface area contributed by atoms with Crippen molar-refractivity contribution in [2.75, 3.05) is 6.54 Å². The van der Waals surface area contributed by atoms with Gasteiger partial charge in [-0.2, -0.15) is 4.37 Å². The molecule has 1 aromatic carbocycles. The van der Waals surface area contributed by atoms with Crippen LogP contribution in [0, 0.1) is 5.92 Å². The van der Waals surface area contributed by atoms with E-state index < -0.39 is 0 Å². The summed E-state index contributed by atoms with van der Waals surface area (Å²) in [5, 5.41) is 4.45. The van der Waals surface area contributed by atoms with Gasteiger partial charge >= 0.3 is 0 Å². The van der Waals surface area contributed by atoms with Crippen LogP contribution in [0.25, 0.3) is 0 Å². The van der Waals surface area contributed by atoms with Gasteiger partial charge in [-0.15, -0.1) is 4.37 Å². The average Bonchev–Trinajstić information content (AvgIpc) is 3.24. The third-order valence-electron chi connectivity index (χ3n) is 4.25. The summed E-state index contributed by atoms with van der Waals surface area (Å²) in [5.74, 6) is 2.27. The van der Waals surface area contributed by atoms with Gasteiger partial charge < -0.3 is 10.1 Å². The third kappa shape index (κ3) is 2.80. The SMILES string of the molecule is c1ccc(CSc2nsnc2OC2C3CCC2NC3)cc1. The van der Waals surface area contributed by atoms with Gasteiger partial charge in [0.25, 0.3) is 5.88 Å². The Morgan fingerprint density at radius 1 is 1.24 bits per heavy atom. The van der Waals surface area contributed by atoms with Gasteiger partial charge in [0.1, 0.15) is 6.10 Å². The largest absolute Gasteiger partial charge is 0.470 e. The summed E-state index contributed by atoms with van der Waals surface area (Å²) in [6, 6.07) is 10.9. The van der Waals surface area contributed by atoms with Crippen LogP contribution in [0.2, 0.25) is 0 Å². The Kier molecular flexibility index (Phi) is 3.83. The quantitative estimate of drug-likeness (QED) is 0.859. The molecule has 1 aliphatic carbocycles. The van der Waals surface area contributed by atoms with Crippen molar-refractivity contribution in [2.24, 2.45) is 5.92 Å². The van der Waals surface area contributed by atoms with Gasteiger partial charge in [0.05, 0.1) is 11.7 Å². The van der Waals surface area contributed by atoms with Gasteiger partial charge in [0.2, 0.25) is 0 Å². The highest BCUT2D eigenvalue weighted by atomic mass is 32.2. The van der Waals surface area contributed by atoms with E-state index in [0.717, 1.165) is 23.2 Å². The minimum absolute atomic E-state index is 0.282. The summed E-state index contributed by atoms with van der Waals surface area (Å²) in [5.41, 5.74) is 1.30. The Morgan fingerprint density at radius 3 is 2.86 bits per heavy atom. The molecular formula is C15H17N3OS2. The normalized spacial score (nSPS) is 27.1. The van der Waals surface area contributed by atoms with Gasteiger partial charge in [0, 0.05) is 24.3 Å². The molecule has 1 saturated heterocycles. The van der Waals surface area contributed by atoms with Gasteiger partial charge in [0.15, 0.2) is 5.03 Å². The number of nitrogens with one attached hydrogen (secondary N) is 1. The Hall–Kier alpha value is -1.11. The Bertz CT molecular complexity index is 584. The van der Waals surface area contributed by atoms with Crippen LogP contribution < -0.4 is 10.1 Å². The molecule has 1 aliphatic heterocycles. The lowest BCUT2D eigenvalue weighted by molar-refractivity contribution is 0.166. The molecule has 2 aliphatic rings. The minimum Gasteiger partial charge on any atom is -0.470 e. The van der Waals surface area contributed by atoms with Crippen LogP contribution in [0.4, 0.5) is 0 Å². The standard InChI is InChI=1S/C15H17N3OS2/c1-2-4-10(5-3-1)9-20-15-14(17-21-18-15)19-13-11-6-7-12(13)16-8-11/h1-5,11-13,16H,6-9H2. The molecular weight excluding hydrogens is 302 g/mol. The van der Waals surface area contributed by atoms with Crippen molar-refractivity contribution in [3.8, 4) is 5.88 Å². The maximum Gasteiger partial charge on any atom is 0.260 e. The van der Waals surface area contributed by atoms with Gasteiger partial charge in [-0.25, -0.2) is 0 Å². The molecule has 1 saturated carbocycles.